The van der Waals surface area contributed by atoms with Gasteiger partial charge in [-0.05, 0) is 18.2 Å². The summed E-state index contributed by atoms with van der Waals surface area (Å²) in [5.74, 6) is 0.942. The molecule has 0 aliphatic carbocycles. The quantitative estimate of drug-likeness (QED) is 0.801. The van der Waals surface area contributed by atoms with Crippen molar-refractivity contribution in [2.45, 2.75) is 0 Å². The average molecular weight is 313 g/mol. The minimum absolute atomic E-state index is 0.457. The van der Waals surface area contributed by atoms with Crippen molar-refractivity contribution in [1.82, 2.24) is 4.98 Å². The van der Waals surface area contributed by atoms with Gasteiger partial charge in [0.05, 0.1) is 16.8 Å². The van der Waals surface area contributed by atoms with Crippen molar-refractivity contribution < 1.29 is 9.53 Å². The SMILES string of the molecule is O=Cc1ccc(Br)cc1Oc1cncc(Cl)c1. The lowest BCUT2D eigenvalue weighted by Crippen LogP contribution is -1.91. The molecule has 17 heavy (non-hydrogen) atoms. The number of pyridine rings is 1. The molecule has 0 amide bonds. The van der Waals surface area contributed by atoms with E-state index in [4.69, 9.17) is 16.3 Å². The smallest absolute Gasteiger partial charge is 0.153 e. The first kappa shape index (κ1) is 12.1. The molecule has 0 saturated heterocycles. The number of aldehydes is 1. The molecule has 0 atom stereocenters. The van der Waals surface area contributed by atoms with Crippen LogP contribution in [-0.4, -0.2) is 11.3 Å². The lowest BCUT2D eigenvalue weighted by molar-refractivity contribution is 0.112. The summed E-state index contributed by atoms with van der Waals surface area (Å²) in [6.45, 7) is 0. The fraction of sp³-hybridized carbons (Fsp3) is 0. The fourth-order valence-corrected chi connectivity index (χ4v) is 1.77. The van der Waals surface area contributed by atoms with E-state index >= 15 is 0 Å². The van der Waals surface area contributed by atoms with Crippen LogP contribution in [0.2, 0.25) is 5.02 Å². The van der Waals surface area contributed by atoms with Gasteiger partial charge in [0.25, 0.3) is 0 Å². The Labute approximate surface area is 112 Å². The average Bonchev–Trinajstić information content (AvgIpc) is 2.29. The fourth-order valence-electron chi connectivity index (χ4n) is 1.27. The zero-order chi connectivity index (χ0) is 12.3. The van der Waals surface area contributed by atoms with E-state index in [1.54, 1.807) is 24.3 Å². The first-order valence-electron chi connectivity index (χ1n) is 4.72. The molecular formula is C12H7BrClNO2. The molecule has 0 fully saturated rings. The summed E-state index contributed by atoms with van der Waals surface area (Å²) < 4.78 is 6.38. The van der Waals surface area contributed by atoms with Gasteiger partial charge in [-0.15, -0.1) is 0 Å². The molecule has 1 aromatic carbocycles. The monoisotopic (exact) mass is 311 g/mol. The number of rotatable bonds is 3. The van der Waals surface area contributed by atoms with E-state index < -0.39 is 0 Å². The number of hydrogen-bond donors (Lipinski definition) is 0. The van der Waals surface area contributed by atoms with Crippen molar-refractivity contribution in [3.8, 4) is 11.5 Å². The van der Waals surface area contributed by atoms with Gasteiger partial charge in [0, 0.05) is 16.7 Å². The van der Waals surface area contributed by atoms with Crippen molar-refractivity contribution in [3.63, 3.8) is 0 Å². The van der Waals surface area contributed by atoms with Gasteiger partial charge >= 0.3 is 0 Å². The summed E-state index contributed by atoms with van der Waals surface area (Å²) >= 11 is 9.11. The predicted molar refractivity (Wildman–Crippen MR) is 68.9 cm³/mol. The van der Waals surface area contributed by atoms with Crippen LogP contribution in [0, 0.1) is 0 Å². The number of nitrogens with zero attached hydrogens (tertiary/aromatic N) is 1. The van der Waals surface area contributed by atoms with Crippen LogP contribution in [0.15, 0.2) is 41.1 Å². The first-order valence-corrected chi connectivity index (χ1v) is 5.89. The van der Waals surface area contributed by atoms with Crippen LogP contribution < -0.4 is 4.74 Å². The van der Waals surface area contributed by atoms with E-state index in [-0.39, 0.29) is 0 Å². The minimum atomic E-state index is 0.457. The maximum atomic E-state index is 10.9. The summed E-state index contributed by atoms with van der Waals surface area (Å²) in [5.41, 5.74) is 0.466. The molecule has 2 rings (SSSR count). The number of aromatic nitrogens is 1. The highest BCUT2D eigenvalue weighted by Gasteiger charge is 2.05. The molecule has 86 valence electrons. The highest BCUT2D eigenvalue weighted by molar-refractivity contribution is 9.10. The second kappa shape index (κ2) is 5.29. The standard InChI is InChI=1S/C12H7BrClNO2/c13-9-2-1-8(7-16)12(3-9)17-11-4-10(14)5-15-6-11/h1-7H. The molecule has 1 aromatic heterocycles. The third-order valence-corrected chi connectivity index (χ3v) is 2.71. The molecule has 0 bridgehead atoms. The molecule has 0 radical (unpaired) electrons. The van der Waals surface area contributed by atoms with Crippen LogP contribution in [0.4, 0.5) is 0 Å². The Bertz CT molecular complexity index is 560. The van der Waals surface area contributed by atoms with Crippen LogP contribution in [0.1, 0.15) is 10.4 Å². The van der Waals surface area contributed by atoms with Crippen LogP contribution in [0.3, 0.4) is 0 Å². The molecule has 0 spiro atoms. The van der Waals surface area contributed by atoms with E-state index in [1.807, 2.05) is 0 Å². The lowest BCUT2D eigenvalue weighted by Gasteiger charge is -2.08. The van der Waals surface area contributed by atoms with Gasteiger partial charge in [-0.3, -0.25) is 9.78 Å². The highest BCUT2D eigenvalue weighted by Crippen LogP contribution is 2.28. The Hall–Kier alpha value is -1.39. The van der Waals surface area contributed by atoms with Crippen LogP contribution in [0.5, 0.6) is 11.5 Å². The van der Waals surface area contributed by atoms with Gasteiger partial charge in [0.2, 0.25) is 0 Å². The number of hydrogen-bond acceptors (Lipinski definition) is 3. The number of ether oxygens (including phenoxy) is 1. The number of carbonyl (C=O) groups is 1. The summed E-state index contributed by atoms with van der Waals surface area (Å²) in [4.78, 5) is 14.8. The Morgan fingerprint density at radius 1 is 1.29 bits per heavy atom. The normalized spacial score (nSPS) is 10.0. The molecule has 3 nitrogen and oxygen atoms in total. The zero-order valence-corrected chi connectivity index (χ0v) is 10.9. The van der Waals surface area contributed by atoms with E-state index in [2.05, 4.69) is 20.9 Å². The second-order valence-corrected chi connectivity index (χ2v) is 4.59. The highest BCUT2D eigenvalue weighted by atomic mass is 79.9. The summed E-state index contributed by atoms with van der Waals surface area (Å²) in [7, 11) is 0. The molecule has 0 aliphatic heterocycles. The van der Waals surface area contributed by atoms with Crippen LogP contribution >= 0.6 is 27.5 Å². The third kappa shape index (κ3) is 3.05. The summed E-state index contributed by atoms with van der Waals surface area (Å²) in [5, 5.41) is 0.477. The molecule has 2 aromatic rings. The van der Waals surface area contributed by atoms with Crippen molar-refractivity contribution in [3.05, 3.63) is 51.7 Å². The largest absolute Gasteiger partial charge is 0.455 e. The van der Waals surface area contributed by atoms with Gasteiger partial charge in [-0.1, -0.05) is 27.5 Å². The maximum Gasteiger partial charge on any atom is 0.153 e. The van der Waals surface area contributed by atoms with Crippen molar-refractivity contribution in [1.29, 1.82) is 0 Å². The van der Waals surface area contributed by atoms with E-state index in [1.165, 1.54) is 12.4 Å². The summed E-state index contributed by atoms with van der Waals surface area (Å²) in [6, 6.07) is 6.78. The molecule has 1 heterocycles. The van der Waals surface area contributed by atoms with E-state index in [0.717, 1.165) is 10.8 Å². The Morgan fingerprint density at radius 2 is 2.12 bits per heavy atom. The van der Waals surface area contributed by atoms with Crippen molar-refractivity contribution in [2.75, 3.05) is 0 Å². The van der Waals surface area contributed by atoms with Gasteiger partial charge in [-0.2, -0.15) is 0 Å². The van der Waals surface area contributed by atoms with Crippen LogP contribution in [-0.2, 0) is 0 Å². The van der Waals surface area contributed by atoms with Gasteiger partial charge in [-0.25, -0.2) is 0 Å². The van der Waals surface area contributed by atoms with Gasteiger partial charge in [0.15, 0.2) is 6.29 Å². The zero-order valence-electron chi connectivity index (χ0n) is 8.56. The number of benzene rings is 1. The van der Waals surface area contributed by atoms with Crippen LogP contribution in [0.25, 0.3) is 0 Å². The van der Waals surface area contributed by atoms with Gasteiger partial charge < -0.3 is 4.74 Å². The van der Waals surface area contributed by atoms with Gasteiger partial charge in [0.1, 0.15) is 11.5 Å². The van der Waals surface area contributed by atoms with Crippen molar-refractivity contribution in [2.24, 2.45) is 0 Å². The predicted octanol–water partition coefficient (Wildman–Crippen LogP) is 4.10. The Balaban J connectivity index is 2.35. The van der Waals surface area contributed by atoms with E-state index in [0.29, 0.717) is 22.1 Å². The number of halogens is 2. The Morgan fingerprint density at radius 3 is 2.82 bits per heavy atom. The van der Waals surface area contributed by atoms with E-state index in [9.17, 15) is 4.79 Å². The van der Waals surface area contributed by atoms with Crippen molar-refractivity contribution >= 4 is 33.8 Å². The second-order valence-electron chi connectivity index (χ2n) is 3.24. The Kier molecular flexibility index (Phi) is 3.76. The third-order valence-electron chi connectivity index (χ3n) is 2.01. The maximum absolute atomic E-state index is 10.9. The molecule has 0 aliphatic rings. The molecule has 0 unspecified atom stereocenters. The topological polar surface area (TPSA) is 39.2 Å². The number of carbonyl (C=O) groups excluding carboxylic acids is 1. The first-order chi connectivity index (χ1) is 8.19. The molecule has 0 saturated carbocycles. The lowest BCUT2D eigenvalue weighted by atomic mass is 10.2. The molecular weight excluding hydrogens is 305 g/mol. The molecule has 5 heteroatoms. The molecule has 0 N–H and O–H groups in total. The minimum Gasteiger partial charge on any atom is -0.455 e. The summed E-state index contributed by atoms with van der Waals surface area (Å²) in [6.07, 6.45) is 3.77.